The molecule has 0 saturated carbocycles. The minimum absolute atomic E-state index is 0.0865. The monoisotopic (exact) mass is 481 g/mol. The molecule has 1 saturated heterocycles. The van der Waals surface area contributed by atoms with Crippen LogP contribution in [0.15, 0.2) is 78.6 Å². The molecule has 0 atom stereocenters. The molecule has 2 aliphatic rings. The summed E-state index contributed by atoms with van der Waals surface area (Å²) in [4.78, 5) is 30.1. The number of para-hydroxylation sites is 2. The fourth-order valence-corrected chi connectivity index (χ4v) is 4.61. The molecule has 0 aromatic heterocycles. The molecule has 184 valence electrons. The van der Waals surface area contributed by atoms with Gasteiger partial charge < -0.3 is 15.0 Å². The van der Waals surface area contributed by atoms with Crippen LogP contribution in [0.5, 0.6) is 5.75 Å². The standard InChI is InChI=1S/C30H31N3O3/c1-22-8-10-24(11-9-22)21-33-26-6-2-3-7-27(26)36-28(30(33)35)20-23-12-14-25(15-13-23)29(34)31-16-19-32-17-4-5-18-32/h2-3,6-15,20H,4-5,16-19,21H2,1H3,(H,31,34)/b28-20+. The van der Waals surface area contributed by atoms with E-state index >= 15 is 0 Å². The molecule has 3 aromatic rings. The number of benzene rings is 3. The number of amides is 2. The van der Waals surface area contributed by atoms with E-state index in [1.54, 1.807) is 23.1 Å². The molecular weight excluding hydrogens is 450 g/mol. The maximum absolute atomic E-state index is 13.4. The van der Waals surface area contributed by atoms with Crippen LogP contribution in [0.4, 0.5) is 5.69 Å². The van der Waals surface area contributed by atoms with Crippen molar-refractivity contribution in [3.05, 3.63) is 101 Å². The van der Waals surface area contributed by atoms with E-state index in [9.17, 15) is 9.59 Å². The molecule has 0 aliphatic carbocycles. The van der Waals surface area contributed by atoms with Gasteiger partial charge in [0.25, 0.3) is 11.8 Å². The molecule has 0 bridgehead atoms. The zero-order valence-electron chi connectivity index (χ0n) is 20.6. The number of anilines is 1. The maximum Gasteiger partial charge on any atom is 0.294 e. The van der Waals surface area contributed by atoms with Gasteiger partial charge in [0.05, 0.1) is 12.2 Å². The van der Waals surface area contributed by atoms with Gasteiger partial charge in [-0.15, -0.1) is 0 Å². The van der Waals surface area contributed by atoms with Gasteiger partial charge >= 0.3 is 0 Å². The first-order chi connectivity index (χ1) is 17.6. The smallest absolute Gasteiger partial charge is 0.294 e. The summed E-state index contributed by atoms with van der Waals surface area (Å²) in [5.41, 5.74) is 4.37. The van der Waals surface area contributed by atoms with Crippen LogP contribution in [0, 0.1) is 6.92 Å². The number of rotatable bonds is 7. The lowest BCUT2D eigenvalue weighted by Crippen LogP contribution is -2.36. The zero-order chi connectivity index (χ0) is 24.9. The minimum atomic E-state index is -0.196. The molecule has 0 unspecified atom stereocenters. The summed E-state index contributed by atoms with van der Waals surface area (Å²) >= 11 is 0. The third kappa shape index (κ3) is 5.50. The second kappa shape index (κ2) is 10.8. The Bertz CT molecular complexity index is 1260. The van der Waals surface area contributed by atoms with E-state index in [4.69, 9.17) is 4.74 Å². The number of nitrogens with one attached hydrogen (secondary N) is 1. The van der Waals surface area contributed by atoms with Gasteiger partial charge in [-0.05, 0) is 74.3 Å². The molecular formula is C30H31N3O3. The Morgan fingerprint density at radius 3 is 2.44 bits per heavy atom. The third-order valence-electron chi connectivity index (χ3n) is 6.68. The van der Waals surface area contributed by atoms with E-state index in [2.05, 4.69) is 10.2 Å². The Balaban J connectivity index is 1.29. The molecule has 3 aromatic carbocycles. The lowest BCUT2D eigenvalue weighted by Gasteiger charge is -2.30. The Labute approximate surface area is 212 Å². The topological polar surface area (TPSA) is 61.9 Å². The maximum atomic E-state index is 13.4. The predicted octanol–water partition coefficient (Wildman–Crippen LogP) is 4.79. The van der Waals surface area contributed by atoms with Crippen LogP contribution in [0.1, 0.15) is 39.9 Å². The van der Waals surface area contributed by atoms with Gasteiger partial charge in [0.15, 0.2) is 11.5 Å². The van der Waals surface area contributed by atoms with Crippen molar-refractivity contribution in [3.8, 4) is 5.75 Å². The van der Waals surface area contributed by atoms with Crippen molar-refractivity contribution < 1.29 is 14.3 Å². The van der Waals surface area contributed by atoms with Gasteiger partial charge in [0, 0.05) is 18.7 Å². The fraction of sp³-hybridized carbons (Fsp3) is 0.267. The average molecular weight is 482 g/mol. The summed E-state index contributed by atoms with van der Waals surface area (Å²) in [6, 6.07) is 23.0. The quantitative estimate of drug-likeness (QED) is 0.493. The van der Waals surface area contributed by atoms with Gasteiger partial charge in [-0.3, -0.25) is 14.5 Å². The van der Waals surface area contributed by atoms with Crippen LogP contribution in [-0.4, -0.2) is 42.9 Å². The Kier molecular flexibility index (Phi) is 7.14. The largest absolute Gasteiger partial charge is 0.449 e. The highest BCUT2D eigenvalue weighted by atomic mass is 16.5. The van der Waals surface area contributed by atoms with Gasteiger partial charge in [-0.25, -0.2) is 0 Å². The van der Waals surface area contributed by atoms with E-state index < -0.39 is 0 Å². The summed E-state index contributed by atoms with van der Waals surface area (Å²) in [7, 11) is 0. The molecule has 6 nitrogen and oxygen atoms in total. The van der Waals surface area contributed by atoms with Gasteiger partial charge in [-0.2, -0.15) is 0 Å². The first-order valence-corrected chi connectivity index (χ1v) is 12.5. The predicted molar refractivity (Wildman–Crippen MR) is 142 cm³/mol. The van der Waals surface area contributed by atoms with Crippen molar-refractivity contribution in [3.63, 3.8) is 0 Å². The van der Waals surface area contributed by atoms with Crippen LogP contribution in [0.2, 0.25) is 0 Å². The molecule has 1 fully saturated rings. The number of nitrogens with zero attached hydrogens (tertiary/aromatic N) is 2. The Morgan fingerprint density at radius 1 is 0.972 bits per heavy atom. The van der Waals surface area contributed by atoms with Crippen molar-refractivity contribution in [2.24, 2.45) is 0 Å². The molecule has 6 heteroatoms. The molecule has 5 rings (SSSR count). The van der Waals surface area contributed by atoms with E-state index in [1.807, 2.05) is 67.6 Å². The number of carbonyl (C=O) groups is 2. The SMILES string of the molecule is Cc1ccc(CN2C(=O)/C(=C\c3ccc(C(=O)NCCN4CCCC4)cc3)Oc3ccccc32)cc1. The number of carbonyl (C=O) groups excluding carboxylic acids is 2. The highest BCUT2D eigenvalue weighted by Gasteiger charge is 2.30. The summed E-state index contributed by atoms with van der Waals surface area (Å²) in [6.07, 6.45) is 4.22. The van der Waals surface area contributed by atoms with Crippen LogP contribution < -0.4 is 15.0 Å². The van der Waals surface area contributed by atoms with E-state index in [0.717, 1.165) is 36.4 Å². The molecule has 2 heterocycles. The van der Waals surface area contributed by atoms with Crippen LogP contribution in [0.25, 0.3) is 6.08 Å². The van der Waals surface area contributed by atoms with Crippen molar-refractivity contribution in [1.82, 2.24) is 10.2 Å². The highest BCUT2D eigenvalue weighted by Crippen LogP contribution is 2.36. The van der Waals surface area contributed by atoms with Crippen molar-refractivity contribution in [1.29, 1.82) is 0 Å². The first kappa shape index (κ1) is 23.8. The Hall–Kier alpha value is -3.90. The van der Waals surface area contributed by atoms with Gasteiger partial charge in [0.1, 0.15) is 0 Å². The number of likely N-dealkylation sites (tertiary alicyclic amines) is 1. The van der Waals surface area contributed by atoms with Crippen molar-refractivity contribution in [2.75, 3.05) is 31.1 Å². The number of hydrogen-bond donors (Lipinski definition) is 1. The van der Waals surface area contributed by atoms with Crippen molar-refractivity contribution >= 4 is 23.6 Å². The summed E-state index contributed by atoms with van der Waals surface area (Å²) in [6.45, 7) is 6.26. The molecule has 2 amide bonds. The number of aryl methyl sites for hydroxylation is 1. The van der Waals surface area contributed by atoms with E-state index in [1.165, 1.54) is 18.4 Å². The van der Waals surface area contributed by atoms with Gasteiger partial charge in [0.2, 0.25) is 0 Å². The zero-order valence-corrected chi connectivity index (χ0v) is 20.6. The summed E-state index contributed by atoms with van der Waals surface area (Å²) < 4.78 is 6.00. The van der Waals surface area contributed by atoms with Crippen LogP contribution in [-0.2, 0) is 11.3 Å². The summed E-state index contributed by atoms with van der Waals surface area (Å²) in [5, 5.41) is 3.00. The fourth-order valence-electron chi connectivity index (χ4n) is 4.61. The van der Waals surface area contributed by atoms with E-state index in [-0.39, 0.29) is 17.6 Å². The molecule has 2 aliphatic heterocycles. The lowest BCUT2D eigenvalue weighted by atomic mass is 10.1. The number of hydrogen-bond acceptors (Lipinski definition) is 4. The second-order valence-electron chi connectivity index (χ2n) is 9.38. The normalized spacial score (nSPS) is 16.6. The molecule has 36 heavy (non-hydrogen) atoms. The van der Waals surface area contributed by atoms with E-state index in [0.29, 0.717) is 24.4 Å². The summed E-state index contributed by atoms with van der Waals surface area (Å²) in [5.74, 6) is 0.614. The van der Waals surface area contributed by atoms with Crippen LogP contribution >= 0.6 is 0 Å². The third-order valence-corrected chi connectivity index (χ3v) is 6.68. The lowest BCUT2D eigenvalue weighted by molar-refractivity contribution is -0.117. The van der Waals surface area contributed by atoms with Crippen molar-refractivity contribution in [2.45, 2.75) is 26.3 Å². The van der Waals surface area contributed by atoms with Gasteiger partial charge in [-0.1, -0.05) is 54.1 Å². The second-order valence-corrected chi connectivity index (χ2v) is 9.38. The minimum Gasteiger partial charge on any atom is -0.449 e. The number of fused-ring (bicyclic) bond motifs is 1. The highest BCUT2D eigenvalue weighted by molar-refractivity contribution is 6.09. The Morgan fingerprint density at radius 2 is 1.69 bits per heavy atom. The first-order valence-electron chi connectivity index (χ1n) is 12.5. The molecule has 1 N–H and O–H groups in total. The average Bonchev–Trinajstić information content (AvgIpc) is 3.42. The molecule has 0 spiro atoms. The number of ether oxygens (including phenoxy) is 1. The van der Waals surface area contributed by atoms with Crippen LogP contribution in [0.3, 0.4) is 0 Å². The molecule has 0 radical (unpaired) electrons.